The molecule has 2 heterocycles. The predicted octanol–water partition coefficient (Wildman–Crippen LogP) is 3.80. The Morgan fingerprint density at radius 3 is 2.45 bits per heavy atom. The van der Waals surface area contributed by atoms with E-state index in [4.69, 9.17) is 11.0 Å². The highest BCUT2D eigenvalue weighted by Crippen LogP contribution is 2.37. The molecule has 0 aliphatic heterocycles. The second-order valence-corrected chi connectivity index (χ2v) is 6.97. The molecule has 3 rings (SSSR count). The van der Waals surface area contributed by atoms with Crippen molar-refractivity contribution < 1.29 is 11.6 Å². The summed E-state index contributed by atoms with van der Waals surface area (Å²) in [5.74, 6) is 0. The third kappa shape index (κ3) is 4.00. The first-order valence-corrected chi connectivity index (χ1v) is 7.59. The average Bonchev–Trinajstić information content (AvgIpc) is 2.44. The van der Waals surface area contributed by atoms with Gasteiger partial charge in [0, 0.05) is 13.0 Å². The van der Waals surface area contributed by atoms with Crippen molar-refractivity contribution in [3.63, 3.8) is 0 Å². The van der Waals surface area contributed by atoms with Crippen molar-refractivity contribution in [1.29, 1.82) is 0 Å². The van der Waals surface area contributed by atoms with Gasteiger partial charge in [-0.05, 0) is 70.7 Å². The summed E-state index contributed by atoms with van der Waals surface area (Å²) in [6.45, 7) is 7.35. The molecule has 1 aliphatic rings. The first kappa shape index (κ1) is 16.8. The number of nitrogens with zero attached hydrogens (tertiary/aromatic N) is 2. The fourth-order valence-corrected chi connectivity index (χ4v) is 2.21. The van der Waals surface area contributed by atoms with Crippen LogP contribution in [0.3, 0.4) is 0 Å². The van der Waals surface area contributed by atoms with E-state index in [9.17, 15) is 0 Å². The largest absolute Gasteiger partial charge is 0.320 e. The lowest BCUT2D eigenvalue weighted by atomic mass is 9.75. The minimum absolute atomic E-state index is 0. The molecular weight excluding hydrogens is 278 g/mol. The van der Waals surface area contributed by atoms with Gasteiger partial charge >= 0.3 is 0 Å². The molecule has 1 saturated carbocycles. The molecule has 0 spiro atoms. The number of pyridine rings is 2. The Hall–Kier alpha value is -1.56. The number of hydrogen-bond donors (Lipinski definition) is 2. The molecule has 0 bridgehead atoms. The van der Waals surface area contributed by atoms with E-state index < -0.39 is 5.60 Å². The van der Waals surface area contributed by atoms with Gasteiger partial charge in [0.15, 0.2) is 5.65 Å². The normalized spacial score (nSPS) is 16.6. The molecule has 0 unspecified atom stereocenters. The van der Waals surface area contributed by atoms with Crippen molar-refractivity contribution in [2.75, 3.05) is 0 Å². The van der Waals surface area contributed by atoms with Crippen LogP contribution in [0.5, 0.6) is 0 Å². The Labute approximate surface area is 132 Å². The second kappa shape index (κ2) is 6.28. The lowest BCUT2D eigenvalue weighted by Gasteiger charge is -2.37. The fourth-order valence-electron chi connectivity index (χ4n) is 2.21. The Morgan fingerprint density at radius 2 is 1.95 bits per heavy atom. The second-order valence-electron chi connectivity index (χ2n) is 6.97. The van der Waals surface area contributed by atoms with Crippen molar-refractivity contribution in [1.82, 2.24) is 9.97 Å². The maximum Gasteiger partial charge on any atom is 0.159 e. The molecule has 0 amide bonds. The van der Waals surface area contributed by atoms with Gasteiger partial charge < -0.3 is 5.73 Å². The molecule has 1 aliphatic carbocycles. The first-order valence-electron chi connectivity index (χ1n) is 7.59. The van der Waals surface area contributed by atoms with E-state index in [1.165, 1.54) is 6.42 Å². The van der Waals surface area contributed by atoms with E-state index in [0.717, 1.165) is 35.1 Å². The molecule has 2 aromatic rings. The Balaban J connectivity index is 0.000000330. The van der Waals surface area contributed by atoms with Gasteiger partial charge in [0.1, 0.15) is 0 Å². The van der Waals surface area contributed by atoms with Crippen LogP contribution in [0.15, 0.2) is 24.4 Å². The SMILES string of the molecule is CC(C)(C)OO.Cc1cnc2nc(C3(N)CCC3)ccc2c1.[HH]. The molecule has 0 aromatic carbocycles. The smallest absolute Gasteiger partial charge is 0.159 e. The molecule has 5 heteroatoms. The van der Waals surface area contributed by atoms with Gasteiger partial charge in [-0.3, -0.25) is 5.26 Å². The molecule has 22 heavy (non-hydrogen) atoms. The van der Waals surface area contributed by atoms with Gasteiger partial charge in [-0.15, -0.1) is 0 Å². The van der Waals surface area contributed by atoms with Crippen molar-refractivity contribution >= 4 is 11.0 Å². The highest BCUT2D eigenvalue weighted by molar-refractivity contribution is 5.75. The van der Waals surface area contributed by atoms with Crippen LogP contribution in [0.25, 0.3) is 11.0 Å². The van der Waals surface area contributed by atoms with Gasteiger partial charge in [-0.1, -0.05) is 0 Å². The zero-order valence-corrected chi connectivity index (χ0v) is 13.8. The maximum atomic E-state index is 7.90. The molecule has 0 radical (unpaired) electrons. The van der Waals surface area contributed by atoms with E-state index in [2.05, 4.69) is 27.0 Å². The van der Waals surface area contributed by atoms with Crippen LogP contribution in [0.2, 0.25) is 0 Å². The summed E-state index contributed by atoms with van der Waals surface area (Å²) in [6, 6.07) is 6.22. The topological polar surface area (TPSA) is 81.3 Å². The summed E-state index contributed by atoms with van der Waals surface area (Å²) < 4.78 is 0. The predicted molar refractivity (Wildman–Crippen MR) is 89.6 cm³/mol. The average molecular weight is 305 g/mol. The molecule has 1 fully saturated rings. The van der Waals surface area contributed by atoms with Crippen LogP contribution >= 0.6 is 0 Å². The van der Waals surface area contributed by atoms with Gasteiger partial charge in [0.05, 0.1) is 16.8 Å². The van der Waals surface area contributed by atoms with E-state index in [1.54, 1.807) is 20.8 Å². The highest BCUT2D eigenvalue weighted by Gasteiger charge is 2.35. The maximum absolute atomic E-state index is 7.90. The van der Waals surface area contributed by atoms with Gasteiger partial charge in [0.25, 0.3) is 0 Å². The summed E-state index contributed by atoms with van der Waals surface area (Å²) in [5.41, 5.74) is 8.61. The molecule has 0 saturated heterocycles. The van der Waals surface area contributed by atoms with Crippen molar-refractivity contribution in [3.8, 4) is 0 Å². The van der Waals surface area contributed by atoms with E-state index in [-0.39, 0.29) is 6.97 Å². The zero-order valence-electron chi connectivity index (χ0n) is 13.8. The summed E-state index contributed by atoms with van der Waals surface area (Å²) in [6.07, 6.45) is 5.13. The van der Waals surface area contributed by atoms with Gasteiger partial charge in [-0.25, -0.2) is 14.9 Å². The summed E-state index contributed by atoms with van der Waals surface area (Å²) in [7, 11) is 0. The number of hydrogen-bond acceptors (Lipinski definition) is 5. The van der Waals surface area contributed by atoms with Crippen molar-refractivity contribution in [2.45, 2.75) is 58.1 Å². The molecule has 5 nitrogen and oxygen atoms in total. The zero-order chi connectivity index (χ0) is 16.4. The number of rotatable bonds is 1. The van der Waals surface area contributed by atoms with E-state index in [1.807, 2.05) is 19.2 Å². The lowest BCUT2D eigenvalue weighted by Crippen LogP contribution is -2.44. The third-order valence-corrected chi connectivity index (χ3v) is 3.71. The highest BCUT2D eigenvalue weighted by atomic mass is 17.1. The molecule has 122 valence electrons. The first-order chi connectivity index (χ1) is 10.2. The van der Waals surface area contributed by atoms with Gasteiger partial charge in [0.2, 0.25) is 0 Å². The van der Waals surface area contributed by atoms with Crippen LogP contribution in [0, 0.1) is 6.92 Å². The number of nitrogens with two attached hydrogens (primary N) is 1. The minimum Gasteiger partial charge on any atom is -0.320 e. The summed E-state index contributed by atoms with van der Waals surface area (Å²) in [5, 5.41) is 8.99. The minimum atomic E-state index is -0.403. The third-order valence-electron chi connectivity index (χ3n) is 3.71. The van der Waals surface area contributed by atoms with Crippen LogP contribution < -0.4 is 5.73 Å². The number of fused-ring (bicyclic) bond motifs is 1. The van der Waals surface area contributed by atoms with Crippen molar-refractivity contribution in [3.05, 3.63) is 35.7 Å². The quantitative estimate of drug-likeness (QED) is 0.618. The fraction of sp³-hybridized carbons (Fsp3) is 0.529. The van der Waals surface area contributed by atoms with Crippen LogP contribution in [-0.2, 0) is 10.4 Å². The Bertz CT molecular complexity index is 652. The van der Waals surface area contributed by atoms with E-state index in [0.29, 0.717) is 0 Å². The lowest BCUT2D eigenvalue weighted by molar-refractivity contribution is -0.306. The Morgan fingerprint density at radius 1 is 1.32 bits per heavy atom. The van der Waals surface area contributed by atoms with Crippen LogP contribution in [0.4, 0.5) is 0 Å². The van der Waals surface area contributed by atoms with Gasteiger partial charge in [-0.2, -0.15) is 0 Å². The monoisotopic (exact) mass is 305 g/mol. The van der Waals surface area contributed by atoms with Crippen molar-refractivity contribution in [2.24, 2.45) is 5.73 Å². The molecular formula is C17H27N3O2. The number of aromatic nitrogens is 2. The molecule has 0 atom stereocenters. The molecule has 2 aromatic heterocycles. The molecule has 3 N–H and O–H groups in total. The Kier molecular flexibility index (Phi) is 4.80. The summed E-state index contributed by atoms with van der Waals surface area (Å²) in [4.78, 5) is 12.9. The van der Waals surface area contributed by atoms with E-state index >= 15 is 0 Å². The van der Waals surface area contributed by atoms with Crippen LogP contribution in [0.1, 0.15) is 52.7 Å². The summed E-state index contributed by atoms with van der Waals surface area (Å²) >= 11 is 0. The standard InChI is InChI=1S/C13H15N3.C4H10O2.H2/c1-9-7-10-3-4-11(13(14)5-2-6-13)16-12(10)15-8-9;1-4(2,3)6-5;/h3-4,7-8H,2,5-6,14H2,1H3;5H,1-3H3;1H. The number of aryl methyl sites for hydroxylation is 1. The van der Waals surface area contributed by atoms with Crippen LogP contribution in [-0.4, -0.2) is 20.8 Å².